The van der Waals surface area contributed by atoms with Crippen LogP contribution in [0.15, 0.2) is 18.2 Å². The van der Waals surface area contributed by atoms with Gasteiger partial charge in [-0.15, -0.1) is 0 Å². The number of unbranched alkanes of at least 4 members (excludes halogenated alkanes) is 3. The van der Waals surface area contributed by atoms with E-state index in [2.05, 4.69) is 32.9 Å². The molecule has 0 bridgehead atoms. The van der Waals surface area contributed by atoms with Gasteiger partial charge in [0.1, 0.15) is 11.5 Å². The van der Waals surface area contributed by atoms with Crippen LogP contribution in [0, 0.1) is 0 Å². The van der Waals surface area contributed by atoms with E-state index in [9.17, 15) is 0 Å². The Kier molecular flexibility index (Phi) is 6.20. The molecule has 0 N–H and O–H groups in total. The van der Waals surface area contributed by atoms with E-state index < -0.39 is 0 Å². The van der Waals surface area contributed by atoms with Crippen LogP contribution in [0.4, 0.5) is 0 Å². The fourth-order valence-corrected chi connectivity index (χ4v) is 2.34. The van der Waals surface area contributed by atoms with Crippen molar-refractivity contribution in [1.82, 2.24) is 0 Å². The molecule has 1 aromatic rings. The Balaban J connectivity index is 2.80. The van der Waals surface area contributed by atoms with Crippen molar-refractivity contribution in [3.63, 3.8) is 0 Å². The van der Waals surface area contributed by atoms with Crippen molar-refractivity contribution < 1.29 is 9.47 Å². The van der Waals surface area contributed by atoms with Gasteiger partial charge in [0.25, 0.3) is 0 Å². The summed E-state index contributed by atoms with van der Waals surface area (Å²) in [4.78, 5) is 0. The zero-order valence-electron chi connectivity index (χ0n) is 13.1. The van der Waals surface area contributed by atoms with Gasteiger partial charge in [0.15, 0.2) is 0 Å². The van der Waals surface area contributed by atoms with Crippen LogP contribution in [0.1, 0.15) is 58.4 Å². The molecule has 0 aromatic heterocycles. The van der Waals surface area contributed by atoms with Crippen molar-refractivity contribution in [3.8, 4) is 11.5 Å². The molecule has 0 amide bonds. The summed E-state index contributed by atoms with van der Waals surface area (Å²) in [7, 11) is 3.40. The van der Waals surface area contributed by atoms with E-state index in [0.29, 0.717) is 0 Å². The average molecular weight is 264 g/mol. The molecule has 0 unspecified atom stereocenters. The third-order valence-electron chi connectivity index (χ3n) is 3.79. The number of hydrogen-bond donors (Lipinski definition) is 0. The van der Waals surface area contributed by atoms with Crippen LogP contribution in [0.25, 0.3) is 0 Å². The third-order valence-corrected chi connectivity index (χ3v) is 3.79. The Hall–Kier alpha value is -1.18. The quantitative estimate of drug-likeness (QED) is 0.618. The molecule has 0 saturated carbocycles. The molecule has 0 aliphatic rings. The molecule has 0 atom stereocenters. The predicted molar refractivity (Wildman–Crippen MR) is 81.3 cm³/mol. The minimum atomic E-state index is 0.162. The molecule has 0 radical (unpaired) electrons. The molecule has 19 heavy (non-hydrogen) atoms. The predicted octanol–water partition coefficient (Wildman–Crippen LogP) is 4.95. The van der Waals surface area contributed by atoms with Gasteiger partial charge >= 0.3 is 0 Å². The van der Waals surface area contributed by atoms with Gasteiger partial charge in [-0.1, -0.05) is 46.5 Å². The van der Waals surface area contributed by atoms with Crippen LogP contribution in [-0.2, 0) is 5.41 Å². The van der Waals surface area contributed by atoms with E-state index in [1.54, 1.807) is 14.2 Å². The second kappa shape index (κ2) is 7.42. The molecule has 1 aromatic carbocycles. The lowest BCUT2D eigenvalue weighted by atomic mass is 9.80. The highest BCUT2D eigenvalue weighted by atomic mass is 16.5. The molecule has 0 aliphatic heterocycles. The van der Waals surface area contributed by atoms with Crippen molar-refractivity contribution in [1.29, 1.82) is 0 Å². The Morgan fingerprint density at radius 2 is 1.47 bits per heavy atom. The highest BCUT2D eigenvalue weighted by molar-refractivity contribution is 5.41. The average Bonchev–Trinajstić information content (AvgIpc) is 2.43. The molecular formula is C17H28O2. The van der Waals surface area contributed by atoms with Crippen molar-refractivity contribution in [2.45, 2.75) is 58.3 Å². The first-order valence-corrected chi connectivity index (χ1v) is 7.27. The van der Waals surface area contributed by atoms with Crippen molar-refractivity contribution in [3.05, 3.63) is 23.8 Å². The van der Waals surface area contributed by atoms with Gasteiger partial charge < -0.3 is 9.47 Å². The second-order valence-corrected chi connectivity index (χ2v) is 5.80. The van der Waals surface area contributed by atoms with E-state index in [1.165, 1.54) is 37.7 Å². The number of hydrogen-bond acceptors (Lipinski definition) is 2. The minimum Gasteiger partial charge on any atom is -0.497 e. The smallest absolute Gasteiger partial charge is 0.122 e. The molecule has 0 heterocycles. The number of benzene rings is 1. The van der Waals surface area contributed by atoms with Crippen LogP contribution in [0.5, 0.6) is 11.5 Å². The molecule has 0 saturated heterocycles. The standard InChI is InChI=1S/C17H28O2/c1-6-7-8-9-10-17(2,3)14-11-15(18-4)13-16(12-14)19-5/h11-13H,6-10H2,1-5H3. The second-order valence-electron chi connectivity index (χ2n) is 5.80. The van der Waals surface area contributed by atoms with E-state index in [1.807, 2.05) is 6.07 Å². The summed E-state index contributed by atoms with van der Waals surface area (Å²) in [5.74, 6) is 1.74. The number of ether oxygens (including phenoxy) is 2. The van der Waals surface area contributed by atoms with Crippen molar-refractivity contribution in [2.75, 3.05) is 14.2 Å². The van der Waals surface area contributed by atoms with Crippen LogP contribution >= 0.6 is 0 Å². The lowest BCUT2D eigenvalue weighted by molar-refractivity contribution is 0.386. The van der Waals surface area contributed by atoms with E-state index >= 15 is 0 Å². The Morgan fingerprint density at radius 3 is 1.95 bits per heavy atom. The molecule has 2 nitrogen and oxygen atoms in total. The summed E-state index contributed by atoms with van der Waals surface area (Å²) >= 11 is 0. The maximum absolute atomic E-state index is 5.36. The molecule has 2 heteroatoms. The first-order valence-electron chi connectivity index (χ1n) is 7.27. The van der Waals surface area contributed by atoms with Gasteiger partial charge in [-0.25, -0.2) is 0 Å². The third kappa shape index (κ3) is 4.77. The molecule has 0 aliphatic carbocycles. The number of methoxy groups -OCH3 is 2. The van der Waals surface area contributed by atoms with Crippen LogP contribution in [0.3, 0.4) is 0 Å². The number of rotatable bonds is 8. The first-order chi connectivity index (χ1) is 9.03. The maximum atomic E-state index is 5.36. The van der Waals surface area contributed by atoms with Gasteiger partial charge in [0.05, 0.1) is 14.2 Å². The van der Waals surface area contributed by atoms with Crippen molar-refractivity contribution in [2.24, 2.45) is 0 Å². The fourth-order valence-electron chi connectivity index (χ4n) is 2.34. The topological polar surface area (TPSA) is 18.5 Å². The summed E-state index contributed by atoms with van der Waals surface area (Å²) < 4.78 is 10.7. The molecular weight excluding hydrogens is 236 g/mol. The highest BCUT2D eigenvalue weighted by Gasteiger charge is 2.21. The molecule has 0 spiro atoms. The zero-order valence-corrected chi connectivity index (χ0v) is 13.1. The normalized spacial score (nSPS) is 11.4. The summed E-state index contributed by atoms with van der Waals surface area (Å²) in [6.07, 6.45) is 6.41. The summed E-state index contributed by atoms with van der Waals surface area (Å²) in [5.41, 5.74) is 1.45. The lowest BCUT2D eigenvalue weighted by Gasteiger charge is -2.26. The van der Waals surface area contributed by atoms with E-state index in [4.69, 9.17) is 9.47 Å². The minimum absolute atomic E-state index is 0.162. The molecule has 0 fully saturated rings. The monoisotopic (exact) mass is 264 g/mol. The summed E-state index contributed by atoms with van der Waals surface area (Å²) in [5, 5.41) is 0. The van der Waals surface area contributed by atoms with Crippen molar-refractivity contribution >= 4 is 0 Å². The first kappa shape index (κ1) is 15.9. The largest absolute Gasteiger partial charge is 0.497 e. The van der Waals surface area contributed by atoms with E-state index in [-0.39, 0.29) is 5.41 Å². The Morgan fingerprint density at radius 1 is 0.895 bits per heavy atom. The van der Waals surface area contributed by atoms with Crippen LogP contribution in [-0.4, -0.2) is 14.2 Å². The highest BCUT2D eigenvalue weighted by Crippen LogP contribution is 2.34. The molecule has 108 valence electrons. The maximum Gasteiger partial charge on any atom is 0.122 e. The van der Waals surface area contributed by atoms with Gasteiger partial charge in [0, 0.05) is 6.07 Å². The van der Waals surface area contributed by atoms with Gasteiger partial charge in [-0.05, 0) is 29.5 Å². The lowest BCUT2D eigenvalue weighted by Crippen LogP contribution is -2.17. The SMILES string of the molecule is CCCCCCC(C)(C)c1cc(OC)cc(OC)c1. The summed E-state index contributed by atoms with van der Waals surface area (Å²) in [6.45, 7) is 6.85. The molecule has 1 rings (SSSR count). The fraction of sp³-hybridized carbons (Fsp3) is 0.647. The van der Waals surface area contributed by atoms with Gasteiger partial charge in [-0.3, -0.25) is 0 Å². The Labute approximate surface area is 118 Å². The van der Waals surface area contributed by atoms with Gasteiger partial charge in [0.2, 0.25) is 0 Å². The zero-order chi connectivity index (χ0) is 14.3. The Bertz CT molecular complexity index is 361. The summed E-state index contributed by atoms with van der Waals surface area (Å²) in [6, 6.07) is 6.18. The van der Waals surface area contributed by atoms with E-state index in [0.717, 1.165) is 11.5 Å². The van der Waals surface area contributed by atoms with Crippen LogP contribution < -0.4 is 9.47 Å². The van der Waals surface area contributed by atoms with Crippen LogP contribution in [0.2, 0.25) is 0 Å². The van der Waals surface area contributed by atoms with Gasteiger partial charge in [-0.2, -0.15) is 0 Å².